The fourth-order valence-corrected chi connectivity index (χ4v) is 1.15. The van der Waals surface area contributed by atoms with Gasteiger partial charge in [0, 0.05) is 18.8 Å². The summed E-state index contributed by atoms with van der Waals surface area (Å²) in [4.78, 5) is 12.8. The Labute approximate surface area is 88.7 Å². The van der Waals surface area contributed by atoms with Crippen LogP contribution in [0.25, 0.3) is 0 Å². The van der Waals surface area contributed by atoms with Gasteiger partial charge in [0.2, 0.25) is 5.91 Å². The summed E-state index contributed by atoms with van der Waals surface area (Å²) in [6, 6.07) is 8.95. The number of hydrogen-bond donors (Lipinski definition) is 0. The molecule has 0 saturated heterocycles. The monoisotopic (exact) mass is 204 g/mol. The number of hydrogen-bond acceptors (Lipinski definition) is 3. The van der Waals surface area contributed by atoms with E-state index in [1.54, 1.807) is 38.4 Å². The number of benzene rings is 1. The fourth-order valence-electron chi connectivity index (χ4n) is 1.15. The number of nitrogens with zero attached hydrogens (tertiary/aromatic N) is 2. The second-order valence-corrected chi connectivity index (χ2v) is 2.99. The number of ether oxygens (including phenoxy) is 1. The van der Waals surface area contributed by atoms with Gasteiger partial charge in [-0.15, -0.1) is 0 Å². The third-order valence-electron chi connectivity index (χ3n) is 2.05. The molecule has 0 bridgehead atoms. The van der Waals surface area contributed by atoms with Gasteiger partial charge in [-0.2, -0.15) is 5.26 Å². The number of methoxy groups -OCH3 is 1. The van der Waals surface area contributed by atoms with Crippen molar-refractivity contribution in [2.24, 2.45) is 0 Å². The van der Waals surface area contributed by atoms with E-state index in [1.807, 2.05) is 6.07 Å². The van der Waals surface area contributed by atoms with Gasteiger partial charge in [-0.05, 0) is 12.1 Å². The smallest absolute Gasteiger partial charge is 0.240 e. The molecule has 0 unspecified atom stereocenters. The second-order valence-electron chi connectivity index (χ2n) is 2.99. The van der Waals surface area contributed by atoms with Gasteiger partial charge in [-0.25, -0.2) is 0 Å². The number of carbonyl (C=O) groups excluding carboxylic acids is 1. The Balaban J connectivity index is 2.86. The van der Waals surface area contributed by atoms with Crippen molar-refractivity contribution < 1.29 is 9.53 Å². The van der Waals surface area contributed by atoms with E-state index in [0.717, 1.165) is 5.69 Å². The first-order valence-corrected chi connectivity index (χ1v) is 4.46. The van der Waals surface area contributed by atoms with Gasteiger partial charge < -0.3 is 9.64 Å². The summed E-state index contributed by atoms with van der Waals surface area (Å²) in [6.45, 7) is 0. The Morgan fingerprint density at radius 3 is 2.93 bits per heavy atom. The van der Waals surface area contributed by atoms with E-state index in [9.17, 15) is 4.79 Å². The Morgan fingerprint density at radius 1 is 1.60 bits per heavy atom. The normalized spacial score (nSPS) is 9.13. The van der Waals surface area contributed by atoms with Crippen LogP contribution in [0.15, 0.2) is 24.3 Å². The zero-order valence-corrected chi connectivity index (χ0v) is 8.73. The highest BCUT2D eigenvalue weighted by Crippen LogP contribution is 2.20. The van der Waals surface area contributed by atoms with Crippen molar-refractivity contribution in [3.05, 3.63) is 24.3 Å². The molecule has 4 nitrogen and oxygen atoms in total. The SMILES string of the molecule is COc1cccc(N(C)C(=O)CC#N)c1. The molecule has 0 heterocycles. The Hall–Kier alpha value is -2.02. The predicted octanol–water partition coefficient (Wildman–Crippen LogP) is 1.57. The van der Waals surface area contributed by atoms with Crippen LogP contribution in [0, 0.1) is 11.3 Å². The minimum absolute atomic E-state index is 0.117. The average Bonchev–Trinajstić information content (AvgIpc) is 2.28. The first-order valence-electron chi connectivity index (χ1n) is 4.46. The van der Waals surface area contributed by atoms with Gasteiger partial charge in [0.05, 0.1) is 13.2 Å². The summed E-state index contributed by atoms with van der Waals surface area (Å²) in [5.74, 6) is 0.454. The molecule has 15 heavy (non-hydrogen) atoms. The maximum Gasteiger partial charge on any atom is 0.240 e. The highest BCUT2D eigenvalue weighted by Gasteiger charge is 2.10. The molecule has 0 aliphatic heterocycles. The zero-order chi connectivity index (χ0) is 11.3. The Bertz CT molecular complexity index is 396. The summed E-state index contributed by atoms with van der Waals surface area (Å²) in [5.41, 5.74) is 0.717. The van der Waals surface area contributed by atoms with Crippen molar-refractivity contribution in [2.45, 2.75) is 6.42 Å². The highest BCUT2D eigenvalue weighted by atomic mass is 16.5. The molecule has 1 aromatic carbocycles. The van der Waals surface area contributed by atoms with Crippen LogP contribution in [0.3, 0.4) is 0 Å². The molecule has 0 atom stereocenters. The molecular weight excluding hydrogens is 192 g/mol. The lowest BCUT2D eigenvalue weighted by atomic mass is 10.2. The van der Waals surface area contributed by atoms with Crippen LogP contribution in [0.4, 0.5) is 5.69 Å². The molecule has 0 spiro atoms. The summed E-state index contributed by atoms with van der Waals surface area (Å²) >= 11 is 0. The molecule has 1 amide bonds. The molecule has 0 aromatic heterocycles. The number of amides is 1. The molecule has 0 radical (unpaired) electrons. The van der Waals surface area contributed by atoms with Crippen LogP contribution in [0.1, 0.15) is 6.42 Å². The van der Waals surface area contributed by atoms with Crippen molar-refractivity contribution in [1.29, 1.82) is 5.26 Å². The van der Waals surface area contributed by atoms with Crippen LogP contribution in [0.5, 0.6) is 5.75 Å². The maximum atomic E-state index is 11.4. The molecule has 0 saturated carbocycles. The minimum atomic E-state index is -0.231. The van der Waals surface area contributed by atoms with Gasteiger partial charge in [0.15, 0.2) is 0 Å². The molecule has 1 aromatic rings. The van der Waals surface area contributed by atoms with Crippen LogP contribution in [-0.4, -0.2) is 20.1 Å². The highest BCUT2D eigenvalue weighted by molar-refractivity contribution is 5.94. The third kappa shape index (κ3) is 2.71. The van der Waals surface area contributed by atoms with Crippen molar-refractivity contribution in [3.63, 3.8) is 0 Å². The molecular formula is C11H12N2O2. The molecule has 0 N–H and O–H groups in total. The quantitative estimate of drug-likeness (QED) is 0.751. The molecule has 0 aliphatic carbocycles. The van der Waals surface area contributed by atoms with E-state index in [0.29, 0.717) is 5.75 Å². The first kappa shape index (κ1) is 11.1. The van der Waals surface area contributed by atoms with E-state index < -0.39 is 0 Å². The van der Waals surface area contributed by atoms with Crippen LogP contribution in [-0.2, 0) is 4.79 Å². The van der Waals surface area contributed by atoms with E-state index in [1.165, 1.54) is 4.90 Å². The maximum absolute atomic E-state index is 11.4. The van der Waals surface area contributed by atoms with Gasteiger partial charge in [-0.3, -0.25) is 4.79 Å². The molecule has 78 valence electrons. The Morgan fingerprint density at radius 2 is 2.33 bits per heavy atom. The lowest BCUT2D eigenvalue weighted by molar-refractivity contribution is -0.117. The fraction of sp³-hybridized carbons (Fsp3) is 0.273. The number of rotatable bonds is 3. The zero-order valence-electron chi connectivity index (χ0n) is 8.73. The van der Waals surface area contributed by atoms with E-state index in [2.05, 4.69) is 0 Å². The van der Waals surface area contributed by atoms with Crippen molar-refractivity contribution >= 4 is 11.6 Å². The van der Waals surface area contributed by atoms with Gasteiger partial charge >= 0.3 is 0 Å². The standard InChI is InChI=1S/C11H12N2O2/c1-13(11(14)6-7-12)9-4-3-5-10(8-9)15-2/h3-5,8H,6H2,1-2H3. The summed E-state index contributed by atoms with van der Waals surface area (Å²) in [6.07, 6.45) is -0.117. The molecule has 0 fully saturated rings. The minimum Gasteiger partial charge on any atom is -0.497 e. The third-order valence-corrected chi connectivity index (χ3v) is 2.05. The van der Waals surface area contributed by atoms with Crippen molar-refractivity contribution in [2.75, 3.05) is 19.1 Å². The number of anilines is 1. The lowest BCUT2D eigenvalue weighted by Crippen LogP contribution is -2.25. The predicted molar refractivity (Wildman–Crippen MR) is 56.6 cm³/mol. The second kappa shape index (κ2) is 5.01. The summed E-state index contributed by atoms with van der Waals surface area (Å²) < 4.78 is 5.04. The molecule has 1 rings (SSSR count). The largest absolute Gasteiger partial charge is 0.497 e. The van der Waals surface area contributed by atoms with E-state index in [-0.39, 0.29) is 12.3 Å². The van der Waals surface area contributed by atoms with Crippen LogP contribution >= 0.6 is 0 Å². The molecule has 4 heteroatoms. The lowest BCUT2D eigenvalue weighted by Gasteiger charge is -2.16. The topological polar surface area (TPSA) is 53.3 Å². The van der Waals surface area contributed by atoms with Crippen molar-refractivity contribution in [1.82, 2.24) is 0 Å². The van der Waals surface area contributed by atoms with Gasteiger partial charge in [0.25, 0.3) is 0 Å². The first-order chi connectivity index (χ1) is 7.19. The van der Waals surface area contributed by atoms with Gasteiger partial charge in [0.1, 0.15) is 12.2 Å². The molecule has 0 aliphatic rings. The van der Waals surface area contributed by atoms with Crippen LogP contribution < -0.4 is 9.64 Å². The van der Waals surface area contributed by atoms with Crippen LogP contribution in [0.2, 0.25) is 0 Å². The summed E-state index contributed by atoms with van der Waals surface area (Å²) in [5, 5.41) is 8.41. The van der Waals surface area contributed by atoms with Gasteiger partial charge in [-0.1, -0.05) is 6.07 Å². The van der Waals surface area contributed by atoms with E-state index in [4.69, 9.17) is 10.00 Å². The van der Waals surface area contributed by atoms with Crippen molar-refractivity contribution in [3.8, 4) is 11.8 Å². The number of nitriles is 1. The van der Waals surface area contributed by atoms with E-state index >= 15 is 0 Å². The number of carbonyl (C=O) groups is 1. The Kier molecular flexibility index (Phi) is 3.69. The summed E-state index contributed by atoms with van der Waals surface area (Å²) in [7, 11) is 3.20. The average molecular weight is 204 g/mol.